The lowest BCUT2D eigenvalue weighted by atomic mass is 10.1. The van der Waals surface area contributed by atoms with Gasteiger partial charge in [0, 0.05) is 25.8 Å². The molecular weight excluding hydrogens is 364 g/mol. The largest absolute Gasteiger partial charge is 0.365 e. The van der Waals surface area contributed by atoms with Gasteiger partial charge in [-0.25, -0.2) is 0 Å². The van der Waals surface area contributed by atoms with Crippen LogP contribution in [0.1, 0.15) is 12.8 Å². The molecule has 1 N–H and O–H groups in total. The van der Waals surface area contributed by atoms with E-state index in [2.05, 4.69) is 30.3 Å². The van der Waals surface area contributed by atoms with Gasteiger partial charge in [0.2, 0.25) is 5.91 Å². The zero-order valence-electron chi connectivity index (χ0n) is 17.3. The summed E-state index contributed by atoms with van der Waals surface area (Å²) in [7, 11) is 1.97. The number of benzene rings is 2. The molecule has 6 nitrogen and oxygen atoms in total. The number of fused-ring (bicyclic) bond motifs is 1. The molecule has 0 bridgehead atoms. The van der Waals surface area contributed by atoms with Crippen molar-refractivity contribution < 1.29 is 14.5 Å². The maximum absolute atomic E-state index is 12.8. The monoisotopic (exact) mass is 395 g/mol. The van der Waals surface area contributed by atoms with Crippen LogP contribution in [0, 0.1) is 0 Å². The van der Waals surface area contributed by atoms with Gasteiger partial charge in [-0.1, -0.05) is 30.3 Å². The van der Waals surface area contributed by atoms with Crippen LogP contribution in [0.2, 0.25) is 0 Å². The third kappa shape index (κ3) is 4.70. The van der Waals surface area contributed by atoms with Gasteiger partial charge in [0.1, 0.15) is 0 Å². The second-order valence-electron chi connectivity index (χ2n) is 8.28. The number of nitrogens with zero attached hydrogens (tertiary/aromatic N) is 3. The summed E-state index contributed by atoms with van der Waals surface area (Å²) in [6.45, 7) is 5.94. The van der Waals surface area contributed by atoms with Crippen LogP contribution in [0.15, 0.2) is 42.5 Å². The van der Waals surface area contributed by atoms with Gasteiger partial charge >= 0.3 is 0 Å². The van der Waals surface area contributed by atoms with Gasteiger partial charge in [0.25, 0.3) is 5.91 Å². The summed E-state index contributed by atoms with van der Waals surface area (Å²) in [6, 6.07) is 14.6. The normalized spacial score (nSPS) is 17.7. The van der Waals surface area contributed by atoms with Crippen molar-refractivity contribution in [1.82, 2.24) is 9.80 Å². The molecule has 0 aliphatic carbocycles. The zero-order valence-corrected chi connectivity index (χ0v) is 17.3. The summed E-state index contributed by atoms with van der Waals surface area (Å²) >= 11 is 0. The molecule has 0 saturated carbocycles. The summed E-state index contributed by atoms with van der Waals surface area (Å²) in [5.74, 6) is 0.430. The molecule has 2 heterocycles. The molecule has 2 saturated heterocycles. The highest BCUT2D eigenvalue weighted by atomic mass is 16.2. The summed E-state index contributed by atoms with van der Waals surface area (Å²) in [5.41, 5.74) is 1.05. The Morgan fingerprint density at radius 3 is 2.28 bits per heavy atom. The number of carbonyl (C=O) groups is 2. The number of likely N-dealkylation sites (N-methyl/N-ethyl adjacent to an activating group) is 1. The minimum absolute atomic E-state index is 0.158. The standard InChI is InChI=1S/C23H30N4O2/c1-24(21-9-8-19-6-2-3-7-20(19)16-21)17-22(28)27-14-12-25(13-15-27)18-23(29)26-10-4-5-11-26/h2-3,6-9,16H,4-5,10-15,17-18H2,1H3/p+1. The molecule has 29 heavy (non-hydrogen) atoms. The number of hydrogen-bond acceptors (Lipinski definition) is 3. The van der Waals surface area contributed by atoms with Gasteiger partial charge in [0.05, 0.1) is 32.7 Å². The number of piperazine rings is 1. The second-order valence-corrected chi connectivity index (χ2v) is 8.28. The fourth-order valence-electron chi connectivity index (χ4n) is 4.35. The molecule has 6 heteroatoms. The number of anilines is 1. The van der Waals surface area contributed by atoms with Crippen LogP contribution in [0.25, 0.3) is 10.8 Å². The van der Waals surface area contributed by atoms with Gasteiger partial charge in [-0.05, 0) is 35.7 Å². The molecule has 0 radical (unpaired) electrons. The second kappa shape index (κ2) is 8.82. The molecule has 2 aliphatic heterocycles. The average molecular weight is 396 g/mol. The lowest BCUT2D eigenvalue weighted by Gasteiger charge is -2.33. The smallest absolute Gasteiger partial charge is 0.277 e. The van der Waals surface area contributed by atoms with Gasteiger partial charge in [-0.15, -0.1) is 0 Å². The van der Waals surface area contributed by atoms with Crippen molar-refractivity contribution in [2.24, 2.45) is 0 Å². The van der Waals surface area contributed by atoms with Crippen molar-refractivity contribution in [1.29, 1.82) is 0 Å². The Hall–Kier alpha value is -2.60. The van der Waals surface area contributed by atoms with E-state index in [1.807, 2.05) is 33.9 Å². The Morgan fingerprint density at radius 1 is 0.897 bits per heavy atom. The van der Waals surface area contributed by atoms with Crippen LogP contribution in [0.4, 0.5) is 5.69 Å². The summed E-state index contributed by atoms with van der Waals surface area (Å²) < 4.78 is 0. The van der Waals surface area contributed by atoms with E-state index in [4.69, 9.17) is 0 Å². The van der Waals surface area contributed by atoms with Crippen LogP contribution in [-0.2, 0) is 9.59 Å². The maximum atomic E-state index is 12.8. The van der Waals surface area contributed by atoms with Crippen molar-refractivity contribution in [3.8, 4) is 0 Å². The molecule has 2 fully saturated rings. The van der Waals surface area contributed by atoms with Crippen LogP contribution in [0.5, 0.6) is 0 Å². The number of hydrogen-bond donors (Lipinski definition) is 1. The number of carbonyl (C=O) groups excluding carboxylic acids is 2. The first-order valence-electron chi connectivity index (χ1n) is 10.7. The van der Waals surface area contributed by atoms with Gasteiger partial charge in [-0.3, -0.25) is 9.59 Å². The Bertz CT molecular complexity index is 870. The number of nitrogens with one attached hydrogen (secondary N) is 1. The highest BCUT2D eigenvalue weighted by Gasteiger charge is 2.28. The minimum Gasteiger partial charge on any atom is -0.365 e. The molecular formula is C23H31N4O2+. The quantitative estimate of drug-likeness (QED) is 0.808. The molecule has 0 atom stereocenters. The molecule has 2 aromatic carbocycles. The summed E-state index contributed by atoms with van der Waals surface area (Å²) in [6.07, 6.45) is 2.27. The van der Waals surface area contributed by atoms with Crippen molar-refractivity contribution in [3.05, 3.63) is 42.5 Å². The van der Waals surface area contributed by atoms with E-state index < -0.39 is 0 Å². The molecule has 154 valence electrons. The van der Waals surface area contributed by atoms with Crippen LogP contribution < -0.4 is 9.80 Å². The van der Waals surface area contributed by atoms with E-state index in [0.29, 0.717) is 13.1 Å². The van der Waals surface area contributed by atoms with Crippen molar-refractivity contribution >= 4 is 28.3 Å². The topological polar surface area (TPSA) is 48.3 Å². The minimum atomic E-state index is 0.158. The predicted octanol–water partition coefficient (Wildman–Crippen LogP) is 0.626. The Balaban J connectivity index is 1.27. The predicted molar refractivity (Wildman–Crippen MR) is 115 cm³/mol. The third-order valence-electron chi connectivity index (χ3n) is 6.23. The fraction of sp³-hybridized carbons (Fsp3) is 0.478. The van der Waals surface area contributed by atoms with Gasteiger partial charge < -0.3 is 19.6 Å². The SMILES string of the molecule is CN(CC(=O)N1CC[NH+](CC(=O)N2CCCC2)CC1)c1ccc2ccccc2c1. The number of quaternary nitrogens is 1. The maximum Gasteiger partial charge on any atom is 0.277 e. The number of rotatable bonds is 5. The molecule has 2 amide bonds. The van der Waals surface area contributed by atoms with E-state index >= 15 is 0 Å². The van der Waals surface area contributed by atoms with Crippen LogP contribution in [0.3, 0.4) is 0 Å². The molecule has 0 aromatic heterocycles. The first-order chi connectivity index (χ1) is 14.1. The fourth-order valence-corrected chi connectivity index (χ4v) is 4.35. The Labute approximate surface area is 172 Å². The van der Waals surface area contributed by atoms with E-state index in [9.17, 15) is 9.59 Å². The van der Waals surface area contributed by atoms with E-state index in [-0.39, 0.29) is 11.8 Å². The average Bonchev–Trinajstić information content (AvgIpc) is 3.29. The first kappa shape index (κ1) is 19.7. The zero-order chi connectivity index (χ0) is 20.2. The van der Waals surface area contributed by atoms with Crippen molar-refractivity contribution in [2.75, 3.05) is 64.3 Å². The molecule has 4 rings (SSSR count). The van der Waals surface area contributed by atoms with Gasteiger partial charge in [0.15, 0.2) is 6.54 Å². The number of amides is 2. The third-order valence-corrected chi connectivity index (χ3v) is 6.23. The van der Waals surface area contributed by atoms with Crippen molar-refractivity contribution in [3.63, 3.8) is 0 Å². The van der Waals surface area contributed by atoms with Crippen molar-refractivity contribution in [2.45, 2.75) is 12.8 Å². The van der Waals surface area contributed by atoms with E-state index in [1.165, 1.54) is 15.7 Å². The van der Waals surface area contributed by atoms with Gasteiger partial charge in [-0.2, -0.15) is 0 Å². The lowest BCUT2D eigenvalue weighted by molar-refractivity contribution is -0.896. The molecule has 0 unspecified atom stereocenters. The molecule has 2 aromatic rings. The van der Waals surface area contributed by atoms with Crippen LogP contribution in [-0.4, -0.2) is 81.0 Å². The Morgan fingerprint density at radius 2 is 1.55 bits per heavy atom. The van der Waals surface area contributed by atoms with Crippen LogP contribution >= 0.6 is 0 Å². The Kier molecular flexibility index (Phi) is 6.00. The summed E-state index contributed by atoms with van der Waals surface area (Å²) in [4.78, 5) is 32.4. The lowest BCUT2D eigenvalue weighted by Crippen LogP contribution is -3.15. The molecule has 2 aliphatic rings. The number of likely N-dealkylation sites (tertiary alicyclic amines) is 1. The highest BCUT2D eigenvalue weighted by molar-refractivity contribution is 5.87. The van der Waals surface area contributed by atoms with E-state index in [0.717, 1.165) is 57.8 Å². The summed E-state index contributed by atoms with van der Waals surface area (Å²) in [5, 5.41) is 2.39. The highest BCUT2D eigenvalue weighted by Crippen LogP contribution is 2.21. The first-order valence-corrected chi connectivity index (χ1v) is 10.7. The molecule has 0 spiro atoms. The van der Waals surface area contributed by atoms with E-state index in [1.54, 1.807) is 0 Å².